The minimum Gasteiger partial charge on any atom is -0.378 e. The van der Waals surface area contributed by atoms with Gasteiger partial charge in [-0.15, -0.1) is 0 Å². The minimum absolute atomic E-state index is 0.342. The first-order valence-electron chi connectivity index (χ1n) is 5.18. The fourth-order valence-corrected chi connectivity index (χ4v) is 1.08. The van der Waals surface area contributed by atoms with Crippen LogP contribution in [0.25, 0.3) is 0 Å². The van der Waals surface area contributed by atoms with E-state index in [0.29, 0.717) is 11.5 Å². The van der Waals surface area contributed by atoms with Crippen molar-refractivity contribution in [3.63, 3.8) is 0 Å². The summed E-state index contributed by atoms with van der Waals surface area (Å²) >= 11 is 0. The Labute approximate surface area is 76.5 Å². The smallest absolute Gasteiger partial charge is 0.0597 e. The number of hydrogen-bond acceptors (Lipinski definition) is 1. The maximum atomic E-state index is 5.82. The van der Waals surface area contributed by atoms with Crippen molar-refractivity contribution in [2.45, 2.75) is 53.1 Å². The second-order valence-corrected chi connectivity index (χ2v) is 4.76. The van der Waals surface area contributed by atoms with Gasteiger partial charge in [-0.05, 0) is 37.5 Å². The molecular formula is C11H22O. The number of rotatable bonds is 5. The van der Waals surface area contributed by atoms with Gasteiger partial charge in [0, 0.05) is 6.61 Å². The van der Waals surface area contributed by atoms with Gasteiger partial charge in [-0.25, -0.2) is 0 Å². The van der Waals surface area contributed by atoms with Crippen molar-refractivity contribution < 1.29 is 4.74 Å². The van der Waals surface area contributed by atoms with Crippen LogP contribution in [0.2, 0.25) is 0 Å². The largest absolute Gasteiger partial charge is 0.378 e. The maximum absolute atomic E-state index is 5.82. The average molecular weight is 170 g/mol. The van der Waals surface area contributed by atoms with E-state index >= 15 is 0 Å². The molecule has 0 spiro atoms. The van der Waals surface area contributed by atoms with Crippen LogP contribution < -0.4 is 0 Å². The maximum Gasteiger partial charge on any atom is 0.0597 e. The Bertz CT molecular complexity index is 136. The average Bonchev–Trinajstić information content (AvgIpc) is 2.83. The fourth-order valence-electron chi connectivity index (χ4n) is 1.08. The molecule has 1 aliphatic rings. The molecule has 0 saturated heterocycles. The summed E-state index contributed by atoms with van der Waals surface area (Å²) in [5.74, 6) is 0.889. The molecule has 1 fully saturated rings. The molecule has 0 aromatic heterocycles. The van der Waals surface area contributed by atoms with Gasteiger partial charge in [-0.3, -0.25) is 0 Å². The molecule has 1 atom stereocenters. The van der Waals surface area contributed by atoms with Crippen molar-refractivity contribution in [1.29, 1.82) is 0 Å². The minimum atomic E-state index is 0.342. The number of hydrogen-bond donors (Lipinski definition) is 0. The van der Waals surface area contributed by atoms with E-state index in [1.165, 1.54) is 19.3 Å². The number of ether oxygens (including phenoxy) is 1. The summed E-state index contributed by atoms with van der Waals surface area (Å²) in [6.45, 7) is 9.99. The molecule has 1 aliphatic carbocycles. The first-order valence-corrected chi connectivity index (χ1v) is 5.18. The SMILES string of the molecule is CCC(C)(C)C(C)OCC1CC1. The highest BCUT2D eigenvalue weighted by atomic mass is 16.5. The zero-order valence-corrected chi connectivity index (χ0v) is 8.89. The second kappa shape index (κ2) is 3.78. The zero-order chi connectivity index (χ0) is 9.19. The van der Waals surface area contributed by atoms with E-state index in [1.54, 1.807) is 0 Å². The fraction of sp³-hybridized carbons (Fsp3) is 1.00. The molecule has 0 aromatic rings. The highest BCUT2D eigenvalue weighted by Crippen LogP contribution is 2.32. The Hall–Kier alpha value is -0.0400. The van der Waals surface area contributed by atoms with Crippen LogP contribution in [-0.4, -0.2) is 12.7 Å². The first kappa shape index (κ1) is 10.0. The molecule has 0 aliphatic heterocycles. The molecule has 0 bridgehead atoms. The Kier molecular flexibility index (Phi) is 3.16. The molecule has 12 heavy (non-hydrogen) atoms. The molecular weight excluding hydrogens is 148 g/mol. The summed E-state index contributed by atoms with van der Waals surface area (Å²) < 4.78 is 5.82. The van der Waals surface area contributed by atoms with Gasteiger partial charge in [0.2, 0.25) is 0 Å². The highest BCUT2D eigenvalue weighted by Gasteiger charge is 2.27. The van der Waals surface area contributed by atoms with E-state index in [9.17, 15) is 0 Å². The standard InChI is InChI=1S/C11H22O/c1-5-11(3,4)9(2)12-8-10-6-7-10/h9-10H,5-8H2,1-4H3. The van der Waals surface area contributed by atoms with Gasteiger partial charge in [0.1, 0.15) is 0 Å². The lowest BCUT2D eigenvalue weighted by atomic mass is 9.85. The lowest BCUT2D eigenvalue weighted by Gasteiger charge is -2.30. The van der Waals surface area contributed by atoms with E-state index in [1.807, 2.05) is 0 Å². The monoisotopic (exact) mass is 170 g/mol. The van der Waals surface area contributed by atoms with Crippen LogP contribution in [0, 0.1) is 11.3 Å². The predicted molar refractivity (Wildman–Crippen MR) is 52.2 cm³/mol. The van der Waals surface area contributed by atoms with Crippen LogP contribution in [0.5, 0.6) is 0 Å². The zero-order valence-electron chi connectivity index (χ0n) is 8.89. The van der Waals surface area contributed by atoms with E-state index in [0.717, 1.165) is 12.5 Å². The predicted octanol–water partition coefficient (Wildman–Crippen LogP) is 3.24. The van der Waals surface area contributed by atoms with Crippen LogP contribution in [0.15, 0.2) is 0 Å². The van der Waals surface area contributed by atoms with Gasteiger partial charge >= 0.3 is 0 Å². The molecule has 0 heterocycles. The summed E-state index contributed by atoms with van der Waals surface area (Å²) in [5, 5.41) is 0. The van der Waals surface area contributed by atoms with Crippen LogP contribution in [0.1, 0.15) is 47.0 Å². The summed E-state index contributed by atoms with van der Waals surface area (Å²) in [5.41, 5.74) is 0.342. The normalized spacial score (nSPS) is 21.0. The van der Waals surface area contributed by atoms with Crippen molar-refractivity contribution in [2.75, 3.05) is 6.61 Å². The topological polar surface area (TPSA) is 9.23 Å². The summed E-state index contributed by atoms with van der Waals surface area (Å²) in [4.78, 5) is 0. The van der Waals surface area contributed by atoms with Gasteiger partial charge < -0.3 is 4.74 Å². The highest BCUT2D eigenvalue weighted by molar-refractivity contribution is 4.77. The Morgan fingerprint density at radius 3 is 2.42 bits per heavy atom. The molecule has 1 heteroatoms. The Morgan fingerprint density at radius 2 is 2.00 bits per heavy atom. The van der Waals surface area contributed by atoms with E-state index < -0.39 is 0 Å². The quantitative estimate of drug-likeness (QED) is 0.615. The summed E-state index contributed by atoms with van der Waals surface area (Å²) in [7, 11) is 0. The molecule has 1 unspecified atom stereocenters. The second-order valence-electron chi connectivity index (χ2n) is 4.76. The third kappa shape index (κ3) is 2.78. The van der Waals surface area contributed by atoms with Crippen LogP contribution in [0.4, 0.5) is 0 Å². The molecule has 0 radical (unpaired) electrons. The first-order chi connectivity index (χ1) is 5.56. The molecule has 72 valence electrons. The summed E-state index contributed by atoms with van der Waals surface area (Å²) in [6.07, 6.45) is 4.38. The van der Waals surface area contributed by atoms with Crippen LogP contribution in [0.3, 0.4) is 0 Å². The third-order valence-electron chi connectivity index (χ3n) is 3.29. The molecule has 1 saturated carbocycles. The van der Waals surface area contributed by atoms with Crippen molar-refractivity contribution in [3.8, 4) is 0 Å². The van der Waals surface area contributed by atoms with Gasteiger partial charge in [-0.1, -0.05) is 20.8 Å². The lowest BCUT2D eigenvalue weighted by molar-refractivity contribution is -0.0196. The third-order valence-corrected chi connectivity index (χ3v) is 3.29. The Balaban J connectivity index is 2.20. The van der Waals surface area contributed by atoms with Gasteiger partial charge in [0.15, 0.2) is 0 Å². The molecule has 0 N–H and O–H groups in total. The van der Waals surface area contributed by atoms with Gasteiger partial charge in [0.05, 0.1) is 6.10 Å². The summed E-state index contributed by atoms with van der Waals surface area (Å²) in [6, 6.07) is 0. The molecule has 1 rings (SSSR count). The van der Waals surface area contributed by atoms with Crippen LogP contribution in [-0.2, 0) is 4.74 Å². The molecule has 0 amide bonds. The van der Waals surface area contributed by atoms with Gasteiger partial charge in [-0.2, -0.15) is 0 Å². The van der Waals surface area contributed by atoms with Crippen LogP contribution >= 0.6 is 0 Å². The van der Waals surface area contributed by atoms with E-state index in [-0.39, 0.29) is 0 Å². The molecule has 1 nitrogen and oxygen atoms in total. The Morgan fingerprint density at radius 1 is 1.42 bits per heavy atom. The van der Waals surface area contributed by atoms with Crippen molar-refractivity contribution >= 4 is 0 Å². The van der Waals surface area contributed by atoms with Crippen molar-refractivity contribution in [2.24, 2.45) is 11.3 Å². The van der Waals surface area contributed by atoms with E-state index in [4.69, 9.17) is 4.74 Å². The molecule has 0 aromatic carbocycles. The van der Waals surface area contributed by atoms with E-state index in [2.05, 4.69) is 27.7 Å². The van der Waals surface area contributed by atoms with Gasteiger partial charge in [0.25, 0.3) is 0 Å². The lowest BCUT2D eigenvalue weighted by Crippen LogP contribution is -2.29. The van der Waals surface area contributed by atoms with Crippen molar-refractivity contribution in [1.82, 2.24) is 0 Å². The van der Waals surface area contributed by atoms with Crippen molar-refractivity contribution in [3.05, 3.63) is 0 Å².